The molecule has 20 heavy (non-hydrogen) atoms. The number of likely N-dealkylation sites (tertiary alicyclic amines) is 1. The van der Waals surface area contributed by atoms with Crippen LogP contribution in [0.4, 0.5) is 0 Å². The average Bonchev–Trinajstić information content (AvgIpc) is 2.59. The number of thioether (sulfide) groups is 1. The van der Waals surface area contributed by atoms with Crippen molar-refractivity contribution >= 4 is 23.6 Å². The molecule has 1 amide bonds. The van der Waals surface area contributed by atoms with Gasteiger partial charge in [0.15, 0.2) is 0 Å². The Labute approximate surface area is 125 Å². The van der Waals surface area contributed by atoms with E-state index in [1.807, 2.05) is 16.7 Å². The van der Waals surface area contributed by atoms with Crippen molar-refractivity contribution in [1.82, 2.24) is 4.90 Å². The molecule has 2 rings (SSSR count). The van der Waals surface area contributed by atoms with Gasteiger partial charge in [-0.1, -0.05) is 19.8 Å². The van der Waals surface area contributed by atoms with Gasteiger partial charge in [-0.15, -0.1) is 0 Å². The van der Waals surface area contributed by atoms with E-state index in [1.165, 1.54) is 12.8 Å². The van der Waals surface area contributed by atoms with Crippen LogP contribution in [0.3, 0.4) is 0 Å². The summed E-state index contributed by atoms with van der Waals surface area (Å²) < 4.78 is 0. The van der Waals surface area contributed by atoms with Crippen LogP contribution < -0.4 is 0 Å². The van der Waals surface area contributed by atoms with E-state index in [9.17, 15) is 14.7 Å². The molecule has 1 aliphatic carbocycles. The molecule has 2 aliphatic rings. The fraction of sp³-hybridized carbons (Fsp3) is 0.867. The van der Waals surface area contributed by atoms with E-state index >= 15 is 0 Å². The van der Waals surface area contributed by atoms with E-state index in [2.05, 4.69) is 6.92 Å². The molecule has 0 radical (unpaired) electrons. The van der Waals surface area contributed by atoms with Gasteiger partial charge < -0.3 is 10.0 Å². The second kappa shape index (κ2) is 6.83. The molecule has 1 unspecified atom stereocenters. The SMILES string of the molecule is CCSC1CCCCN(C(=O)CC2(C(=O)O)CCC2)C1. The number of carbonyl (C=O) groups excluding carboxylic acids is 1. The molecule has 0 aromatic heterocycles. The molecular formula is C15H25NO3S. The Bertz CT molecular complexity index is 368. The average molecular weight is 299 g/mol. The van der Waals surface area contributed by atoms with Crippen LogP contribution in [0.25, 0.3) is 0 Å². The highest BCUT2D eigenvalue weighted by atomic mass is 32.2. The maximum Gasteiger partial charge on any atom is 0.310 e. The van der Waals surface area contributed by atoms with E-state index in [-0.39, 0.29) is 12.3 Å². The smallest absolute Gasteiger partial charge is 0.310 e. The molecule has 0 aromatic rings. The lowest BCUT2D eigenvalue weighted by molar-refractivity contribution is -0.159. The molecule has 1 saturated carbocycles. The summed E-state index contributed by atoms with van der Waals surface area (Å²) in [7, 11) is 0. The monoisotopic (exact) mass is 299 g/mol. The molecule has 0 spiro atoms. The summed E-state index contributed by atoms with van der Waals surface area (Å²) in [6.45, 7) is 3.75. The Morgan fingerprint density at radius 2 is 2.05 bits per heavy atom. The minimum Gasteiger partial charge on any atom is -0.481 e. The third kappa shape index (κ3) is 3.48. The third-order valence-corrected chi connectivity index (χ3v) is 5.83. The minimum atomic E-state index is -0.786. The minimum absolute atomic E-state index is 0.0516. The van der Waals surface area contributed by atoms with Gasteiger partial charge in [0, 0.05) is 24.8 Å². The van der Waals surface area contributed by atoms with Crippen LogP contribution >= 0.6 is 11.8 Å². The van der Waals surface area contributed by atoms with Crippen LogP contribution in [0.5, 0.6) is 0 Å². The number of aliphatic carboxylic acids is 1. The van der Waals surface area contributed by atoms with E-state index in [0.717, 1.165) is 31.7 Å². The van der Waals surface area contributed by atoms with Crippen molar-refractivity contribution in [2.75, 3.05) is 18.8 Å². The van der Waals surface area contributed by atoms with Crippen LogP contribution in [-0.2, 0) is 9.59 Å². The third-order valence-electron chi connectivity index (χ3n) is 4.64. The summed E-state index contributed by atoms with van der Waals surface area (Å²) in [4.78, 5) is 25.8. The zero-order valence-corrected chi connectivity index (χ0v) is 13.1. The molecule has 1 atom stereocenters. The zero-order chi connectivity index (χ0) is 14.6. The summed E-state index contributed by atoms with van der Waals surface area (Å²) in [5.41, 5.74) is -0.753. The first-order valence-electron chi connectivity index (χ1n) is 7.70. The van der Waals surface area contributed by atoms with Gasteiger partial charge in [0.25, 0.3) is 0 Å². The van der Waals surface area contributed by atoms with Crippen LogP contribution in [-0.4, -0.2) is 46.0 Å². The van der Waals surface area contributed by atoms with Gasteiger partial charge in [-0.25, -0.2) is 0 Å². The molecule has 1 heterocycles. The van der Waals surface area contributed by atoms with Crippen LogP contribution in [0.1, 0.15) is 51.9 Å². The summed E-state index contributed by atoms with van der Waals surface area (Å²) >= 11 is 1.92. The van der Waals surface area contributed by atoms with Gasteiger partial charge >= 0.3 is 5.97 Å². The number of carboxylic acid groups (broad SMARTS) is 1. The van der Waals surface area contributed by atoms with Crippen LogP contribution in [0, 0.1) is 5.41 Å². The van der Waals surface area contributed by atoms with Crippen molar-refractivity contribution in [2.45, 2.75) is 57.1 Å². The number of hydrogen-bond donors (Lipinski definition) is 1. The number of rotatable bonds is 5. The Morgan fingerprint density at radius 3 is 2.60 bits per heavy atom. The van der Waals surface area contributed by atoms with Crippen LogP contribution in [0.15, 0.2) is 0 Å². The Kier molecular flexibility index (Phi) is 5.35. The number of carboxylic acids is 1. The van der Waals surface area contributed by atoms with E-state index in [1.54, 1.807) is 0 Å². The van der Waals surface area contributed by atoms with Gasteiger partial charge in [-0.2, -0.15) is 11.8 Å². The number of amides is 1. The van der Waals surface area contributed by atoms with Crippen molar-refractivity contribution in [3.8, 4) is 0 Å². The van der Waals surface area contributed by atoms with Crippen molar-refractivity contribution in [3.63, 3.8) is 0 Å². The molecular weight excluding hydrogens is 274 g/mol. The fourth-order valence-corrected chi connectivity index (χ4v) is 4.26. The van der Waals surface area contributed by atoms with Crippen molar-refractivity contribution < 1.29 is 14.7 Å². The fourth-order valence-electron chi connectivity index (χ4n) is 3.17. The van der Waals surface area contributed by atoms with Crippen molar-refractivity contribution in [1.29, 1.82) is 0 Å². The first kappa shape index (κ1) is 15.7. The normalized spacial score (nSPS) is 25.6. The highest BCUT2D eigenvalue weighted by Crippen LogP contribution is 2.44. The largest absolute Gasteiger partial charge is 0.481 e. The summed E-state index contributed by atoms with van der Waals surface area (Å²) in [5.74, 6) is 0.341. The van der Waals surface area contributed by atoms with Gasteiger partial charge in [0.05, 0.1) is 5.41 Å². The van der Waals surface area contributed by atoms with Crippen LogP contribution in [0.2, 0.25) is 0 Å². The summed E-state index contributed by atoms with van der Waals surface area (Å²) in [5, 5.41) is 9.87. The van der Waals surface area contributed by atoms with Gasteiger partial charge in [-0.05, 0) is 31.4 Å². The summed E-state index contributed by atoms with van der Waals surface area (Å²) in [6, 6.07) is 0. The van der Waals surface area contributed by atoms with Crippen molar-refractivity contribution in [2.24, 2.45) is 5.41 Å². The van der Waals surface area contributed by atoms with Crippen molar-refractivity contribution in [3.05, 3.63) is 0 Å². The van der Waals surface area contributed by atoms with E-state index < -0.39 is 11.4 Å². The van der Waals surface area contributed by atoms with Gasteiger partial charge in [0.2, 0.25) is 5.91 Å². The van der Waals surface area contributed by atoms with Gasteiger partial charge in [0.1, 0.15) is 0 Å². The molecule has 5 heteroatoms. The standard InChI is InChI=1S/C15H25NO3S/c1-2-20-12-6-3-4-9-16(11-12)13(17)10-15(14(18)19)7-5-8-15/h12H,2-11H2,1H3,(H,18,19). The Morgan fingerprint density at radius 1 is 1.30 bits per heavy atom. The molecule has 2 fully saturated rings. The highest BCUT2D eigenvalue weighted by molar-refractivity contribution is 7.99. The molecule has 0 bridgehead atoms. The molecule has 1 saturated heterocycles. The molecule has 1 aliphatic heterocycles. The number of carbonyl (C=O) groups is 2. The highest BCUT2D eigenvalue weighted by Gasteiger charge is 2.46. The molecule has 0 aromatic carbocycles. The van der Waals surface area contributed by atoms with E-state index in [0.29, 0.717) is 18.1 Å². The Balaban J connectivity index is 1.95. The first-order chi connectivity index (χ1) is 9.57. The maximum absolute atomic E-state index is 12.5. The quantitative estimate of drug-likeness (QED) is 0.848. The lowest BCUT2D eigenvalue weighted by atomic mass is 9.66. The lowest BCUT2D eigenvalue weighted by Crippen LogP contribution is -2.45. The zero-order valence-electron chi connectivity index (χ0n) is 12.3. The van der Waals surface area contributed by atoms with Gasteiger partial charge in [-0.3, -0.25) is 9.59 Å². The predicted molar refractivity (Wildman–Crippen MR) is 80.9 cm³/mol. The molecule has 1 N–H and O–H groups in total. The topological polar surface area (TPSA) is 57.6 Å². The number of nitrogens with zero attached hydrogens (tertiary/aromatic N) is 1. The first-order valence-corrected chi connectivity index (χ1v) is 8.75. The van der Waals surface area contributed by atoms with E-state index in [4.69, 9.17) is 0 Å². The molecule has 114 valence electrons. The number of hydrogen-bond acceptors (Lipinski definition) is 3. The predicted octanol–water partition coefficient (Wildman–Crippen LogP) is 2.77. The summed E-state index contributed by atoms with van der Waals surface area (Å²) in [6.07, 6.45) is 5.86. The second-order valence-electron chi connectivity index (χ2n) is 6.03. The Hall–Kier alpha value is -0.710. The molecule has 4 nitrogen and oxygen atoms in total. The second-order valence-corrected chi connectivity index (χ2v) is 7.61. The maximum atomic E-state index is 12.5. The lowest BCUT2D eigenvalue weighted by Gasteiger charge is -2.38.